The first-order valence-electron chi connectivity index (χ1n) is 6.12. The van der Waals surface area contributed by atoms with Crippen LogP contribution in [0.5, 0.6) is 5.88 Å². The molecule has 0 unspecified atom stereocenters. The van der Waals surface area contributed by atoms with Crippen molar-refractivity contribution in [3.63, 3.8) is 0 Å². The zero-order valence-corrected chi connectivity index (χ0v) is 11.2. The van der Waals surface area contributed by atoms with E-state index in [-0.39, 0.29) is 23.9 Å². The van der Waals surface area contributed by atoms with E-state index in [0.29, 0.717) is 5.56 Å². The van der Waals surface area contributed by atoms with Crippen molar-refractivity contribution >= 4 is 5.97 Å². The molecule has 0 aliphatic rings. The van der Waals surface area contributed by atoms with E-state index in [1.807, 2.05) is 0 Å². The highest BCUT2D eigenvalue weighted by atomic mass is 19.1. The zero-order chi connectivity index (χ0) is 14.5. The number of carbonyl (C=O) groups is 1. The van der Waals surface area contributed by atoms with Crippen molar-refractivity contribution in [3.05, 3.63) is 47.9 Å². The quantitative estimate of drug-likeness (QED) is 0.805. The SMILES string of the molecule is CCOC(=O)c1cc(-c2ccc(F)cc2)cnc1OC. The van der Waals surface area contributed by atoms with Crippen LogP contribution in [0.25, 0.3) is 11.1 Å². The maximum absolute atomic E-state index is 12.9. The molecule has 0 aliphatic heterocycles. The van der Waals surface area contributed by atoms with Crippen LogP contribution in [0, 0.1) is 5.82 Å². The maximum atomic E-state index is 12.9. The highest BCUT2D eigenvalue weighted by Gasteiger charge is 2.16. The number of hydrogen-bond acceptors (Lipinski definition) is 4. The van der Waals surface area contributed by atoms with Gasteiger partial charge in [-0.1, -0.05) is 12.1 Å². The minimum atomic E-state index is -0.499. The number of carbonyl (C=O) groups excluding carboxylic acids is 1. The van der Waals surface area contributed by atoms with Crippen LogP contribution in [-0.2, 0) is 4.74 Å². The van der Waals surface area contributed by atoms with E-state index >= 15 is 0 Å². The summed E-state index contributed by atoms with van der Waals surface area (Å²) in [7, 11) is 1.43. The summed E-state index contributed by atoms with van der Waals surface area (Å²) >= 11 is 0. The molecule has 4 nitrogen and oxygen atoms in total. The number of aromatic nitrogens is 1. The highest BCUT2D eigenvalue weighted by molar-refractivity contribution is 5.93. The number of nitrogens with zero attached hydrogens (tertiary/aromatic N) is 1. The topological polar surface area (TPSA) is 48.4 Å². The molecule has 104 valence electrons. The summed E-state index contributed by atoms with van der Waals surface area (Å²) in [5, 5.41) is 0. The highest BCUT2D eigenvalue weighted by Crippen LogP contribution is 2.25. The van der Waals surface area contributed by atoms with Gasteiger partial charge < -0.3 is 9.47 Å². The molecule has 2 aromatic rings. The summed E-state index contributed by atoms with van der Waals surface area (Å²) in [4.78, 5) is 15.9. The van der Waals surface area contributed by atoms with Crippen LogP contribution in [0.3, 0.4) is 0 Å². The molecule has 0 N–H and O–H groups in total. The Kier molecular flexibility index (Phi) is 4.30. The average molecular weight is 275 g/mol. The van der Waals surface area contributed by atoms with Crippen LogP contribution < -0.4 is 4.74 Å². The Morgan fingerprint density at radius 1 is 1.25 bits per heavy atom. The number of hydrogen-bond donors (Lipinski definition) is 0. The van der Waals surface area contributed by atoms with E-state index in [2.05, 4.69) is 4.98 Å². The maximum Gasteiger partial charge on any atom is 0.343 e. The second-order valence-corrected chi connectivity index (χ2v) is 4.01. The third kappa shape index (κ3) is 2.93. The molecule has 0 saturated carbocycles. The van der Waals surface area contributed by atoms with Crippen molar-refractivity contribution in [3.8, 4) is 17.0 Å². The van der Waals surface area contributed by atoms with Crippen LogP contribution in [0.4, 0.5) is 4.39 Å². The second kappa shape index (κ2) is 6.14. The summed E-state index contributed by atoms with van der Waals surface area (Å²) in [6, 6.07) is 7.56. The first-order valence-corrected chi connectivity index (χ1v) is 6.12. The molecule has 0 fully saturated rings. The first-order chi connectivity index (χ1) is 9.65. The summed E-state index contributed by atoms with van der Waals surface area (Å²) in [6.07, 6.45) is 1.56. The van der Waals surface area contributed by atoms with E-state index in [1.54, 1.807) is 31.3 Å². The standard InChI is InChI=1S/C15H14FNO3/c1-3-20-15(18)13-8-11(9-17-14(13)19-2)10-4-6-12(16)7-5-10/h4-9H,3H2,1-2H3. The monoisotopic (exact) mass is 275 g/mol. The number of rotatable bonds is 4. The van der Waals surface area contributed by atoms with Crippen LogP contribution in [-0.4, -0.2) is 24.7 Å². The van der Waals surface area contributed by atoms with Crippen molar-refractivity contribution in [2.45, 2.75) is 6.92 Å². The third-order valence-electron chi connectivity index (χ3n) is 2.72. The number of methoxy groups -OCH3 is 1. The predicted octanol–water partition coefficient (Wildman–Crippen LogP) is 3.07. The van der Waals surface area contributed by atoms with Gasteiger partial charge in [-0.25, -0.2) is 14.2 Å². The van der Waals surface area contributed by atoms with Gasteiger partial charge in [-0.2, -0.15) is 0 Å². The number of halogens is 1. The van der Waals surface area contributed by atoms with E-state index < -0.39 is 5.97 Å². The molecule has 2 rings (SSSR count). The van der Waals surface area contributed by atoms with Crippen LogP contribution in [0.2, 0.25) is 0 Å². The molecule has 5 heteroatoms. The number of pyridine rings is 1. The number of esters is 1. The Hall–Kier alpha value is -2.43. The third-order valence-corrected chi connectivity index (χ3v) is 2.72. The fourth-order valence-corrected chi connectivity index (χ4v) is 1.77. The van der Waals surface area contributed by atoms with Gasteiger partial charge in [0.15, 0.2) is 0 Å². The van der Waals surface area contributed by atoms with E-state index in [1.165, 1.54) is 19.2 Å². The Balaban J connectivity index is 2.43. The Labute approximate surface area is 116 Å². The number of ether oxygens (including phenoxy) is 2. The molecule has 0 radical (unpaired) electrons. The van der Waals surface area contributed by atoms with Gasteiger partial charge in [-0.05, 0) is 30.7 Å². The summed E-state index contributed by atoms with van der Waals surface area (Å²) in [5.74, 6) is -0.615. The molecule has 1 aromatic carbocycles. The molecule has 0 amide bonds. The van der Waals surface area contributed by atoms with Crippen LogP contribution in [0.1, 0.15) is 17.3 Å². The summed E-state index contributed by atoms with van der Waals surface area (Å²) < 4.78 is 22.9. The molecule has 0 aliphatic carbocycles. The van der Waals surface area contributed by atoms with Crippen LogP contribution in [0.15, 0.2) is 36.5 Å². The Bertz CT molecular complexity index is 611. The smallest absolute Gasteiger partial charge is 0.343 e. The summed E-state index contributed by atoms with van der Waals surface area (Å²) in [6.45, 7) is 1.99. The van der Waals surface area contributed by atoms with Gasteiger partial charge in [0.05, 0.1) is 13.7 Å². The van der Waals surface area contributed by atoms with E-state index in [0.717, 1.165) is 5.56 Å². The normalized spacial score (nSPS) is 10.2. The van der Waals surface area contributed by atoms with Crippen molar-refractivity contribution in [1.82, 2.24) is 4.98 Å². The lowest BCUT2D eigenvalue weighted by Crippen LogP contribution is -2.08. The fourth-order valence-electron chi connectivity index (χ4n) is 1.77. The van der Waals surface area contributed by atoms with Gasteiger partial charge in [-0.15, -0.1) is 0 Å². The number of benzene rings is 1. The molecule has 1 aromatic heterocycles. The molecular weight excluding hydrogens is 261 g/mol. The van der Waals surface area contributed by atoms with E-state index in [9.17, 15) is 9.18 Å². The molecular formula is C15H14FNO3. The molecule has 0 saturated heterocycles. The van der Waals surface area contributed by atoms with Gasteiger partial charge in [0, 0.05) is 11.8 Å². The molecule has 0 spiro atoms. The molecule has 20 heavy (non-hydrogen) atoms. The van der Waals surface area contributed by atoms with Gasteiger partial charge >= 0.3 is 5.97 Å². The van der Waals surface area contributed by atoms with Gasteiger partial charge in [0.2, 0.25) is 5.88 Å². The predicted molar refractivity (Wildman–Crippen MR) is 72.1 cm³/mol. The average Bonchev–Trinajstić information content (AvgIpc) is 2.47. The summed E-state index contributed by atoms with van der Waals surface area (Å²) in [5.41, 5.74) is 1.69. The minimum absolute atomic E-state index is 0.203. The van der Waals surface area contributed by atoms with Gasteiger partial charge in [0.1, 0.15) is 11.4 Å². The lowest BCUT2D eigenvalue weighted by atomic mass is 10.1. The molecule has 0 atom stereocenters. The van der Waals surface area contributed by atoms with Gasteiger partial charge in [0.25, 0.3) is 0 Å². The zero-order valence-electron chi connectivity index (χ0n) is 11.2. The minimum Gasteiger partial charge on any atom is -0.480 e. The van der Waals surface area contributed by atoms with Crippen molar-refractivity contribution < 1.29 is 18.7 Å². The van der Waals surface area contributed by atoms with Crippen LogP contribution >= 0.6 is 0 Å². The first kappa shape index (κ1) is 14.0. The molecule has 1 heterocycles. The lowest BCUT2D eigenvalue weighted by molar-refractivity contribution is 0.0522. The Morgan fingerprint density at radius 2 is 1.95 bits per heavy atom. The van der Waals surface area contributed by atoms with Crippen molar-refractivity contribution in [2.75, 3.05) is 13.7 Å². The van der Waals surface area contributed by atoms with Crippen molar-refractivity contribution in [1.29, 1.82) is 0 Å². The largest absolute Gasteiger partial charge is 0.480 e. The molecule has 0 bridgehead atoms. The second-order valence-electron chi connectivity index (χ2n) is 4.01. The van der Waals surface area contributed by atoms with Crippen molar-refractivity contribution in [2.24, 2.45) is 0 Å². The fraction of sp³-hybridized carbons (Fsp3) is 0.200. The Morgan fingerprint density at radius 3 is 2.55 bits per heavy atom. The van der Waals surface area contributed by atoms with E-state index in [4.69, 9.17) is 9.47 Å². The van der Waals surface area contributed by atoms with Gasteiger partial charge in [-0.3, -0.25) is 0 Å². The lowest BCUT2D eigenvalue weighted by Gasteiger charge is -2.09.